The van der Waals surface area contributed by atoms with Crippen LogP contribution in [0.4, 0.5) is 13.2 Å². The van der Waals surface area contributed by atoms with Gasteiger partial charge in [-0.3, -0.25) is 0 Å². The quantitative estimate of drug-likeness (QED) is 0.655. The molecule has 94 valence electrons. The van der Waals surface area contributed by atoms with Crippen molar-refractivity contribution in [2.45, 2.75) is 12.6 Å². The number of hydrogen-bond acceptors (Lipinski definition) is 5. The highest BCUT2D eigenvalue weighted by atomic mass is 19.4. The summed E-state index contributed by atoms with van der Waals surface area (Å²) in [6.07, 6.45) is -2.97. The van der Waals surface area contributed by atoms with Crippen LogP contribution in [0.1, 0.15) is 21.9 Å². The van der Waals surface area contributed by atoms with Gasteiger partial charge in [-0.1, -0.05) is 0 Å². The van der Waals surface area contributed by atoms with Gasteiger partial charge in [0, 0.05) is 18.2 Å². The Morgan fingerprint density at radius 3 is 2.89 bits per heavy atom. The first-order valence-corrected chi connectivity index (χ1v) is 4.96. The fourth-order valence-corrected chi connectivity index (χ4v) is 1.71. The molecule has 18 heavy (non-hydrogen) atoms. The van der Waals surface area contributed by atoms with Gasteiger partial charge in [0.1, 0.15) is 0 Å². The molecule has 0 radical (unpaired) electrons. The van der Waals surface area contributed by atoms with Crippen LogP contribution in [-0.2, 0) is 17.3 Å². The van der Waals surface area contributed by atoms with E-state index >= 15 is 0 Å². The van der Waals surface area contributed by atoms with Gasteiger partial charge in [-0.05, 0) is 0 Å². The first-order valence-electron chi connectivity index (χ1n) is 4.96. The fraction of sp³-hybridized carbons (Fsp3) is 0.333. The van der Waals surface area contributed by atoms with Crippen molar-refractivity contribution in [1.82, 2.24) is 19.6 Å². The Morgan fingerprint density at radius 2 is 2.17 bits per heavy atom. The first kappa shape index (κ1) is 10.9. The van der Waals surface area contributed by atoms with Crippen molar-refractivity contribution in [3.63, 3.8) is 0 Å². The van der Waals surface area contributed by atoms with Gasteiger partial charge in [-0.15, -0.1) is 5.10 Å². The van der Waals surface area contributed by atoms with Crippen LogP contribution in [0.5, 0.6) is 0 Å². The summed E-state index contributed by atoms with van der Waals surface area (Å²) in [4.78, 5) is 18.5. The Morgan fingerprint density at radius 1 is 1.39 bits per heavy atom. The number of fused-ring (bicyclic) bond motifs is 3. The normalized spacial score (nSPS) is 15.6. The maximum atomic E-state index is 12.5. The molecule has 3 rings (SSSR count). The molecule has 0 amide bonds. The highest BCUT2D eigenvalue weighted by Gasteiger charge is 2.37. The third-order valence-corrected chi connectivity index (χ3v) is 2.49. The highest BCUT2D eigenvalue weighted by Crippen LogP contribution is 2.27. The van der Waals surface area contributed by atoms with Gasteiger partial charge in [-0.25, -0.2) is 9.78 Å². The van der Waals surface area contributed by atoms with Crippen molar-refractivity contribution in [2.24, 2.45) is 0 Å². The number of aromatic nitrogens is 4. The van der Waals surface area contributed by atoms with Crippen molar-refractivity contribution in [3.05, 3.63) is 23.3 Å². The summed E-state index contributed by atoms with van der Waals surface area (Å²) < 4.78 is 43.0. The number of hydrogen-bond donors (Lipinski definition) is 0. The van der Waals surface area contributed by atoms with E-state index in [2.05, 4.69) is 15.1 Å². The van der Waals surface area contributed by atoms with Crippen molar-refractivity contribution in [1.29, 1.82) is 0 Å². The van der Waals surface area contributed by atoms with Crippen molar-refractivity contribution >= 4 is 11.7 Å². The summed E-state index contributed by atoms with van der Waals surface area (Å²) in [5, 5.41) is 3.26. The molecule has 2 aromatic rings. The largest absolute Gasteiger partial charge is 0.461 e. The molecule has 0 aliphatic carbocycles. The molecule has 9 heteroatoms. The van der Waals surface area contributed by atoms with Crippen LogP contribution in [0.25, 0.3) is 5.78 Å². The monoisotopic (exact) mass is 258 g/mol. The minimum atomic E-state index is -4.68. The smallest absolute Gasteiger partial charge is 0.453 e. The molecule has 0 spiro atoms. The molecule has 0 saturated carbocycles. The third-order valence-electron chi connectivity index (χ3n) is 2.49. The average molecular weight is 258 g/mol. The van der Waals surface area contributed by atoms with Crippen molar-refractivity contribution < 1.29 is 22.7 Å². The molecule has 3 heterocycles. The molecule has 6 nitrogen and oxygen atoms in total. The van der Waals surface area contributed by atoms with E-state index in [1.54, 1.807) is 0 Å². The molecule has 0 fully saturated rings. The molecule has 0 unspecified atom stereocenters. The number of esters is 1. The van der Waals surface area contributed by atoms with Gasteiger partial charge in [0.2, 0.25) is 0 Å². The maximum absolute atomic E-state index is 12.5. The van der Waals surface area contributed by atoms with E-state index in [0.29, 0.717) is 12.0 Å². The van der Waals surface area contributed by atoms with Gasteiger partial charge < -0.3 is 4.74 Å². The molecule has 0 aromatic carbocycles. The standard InChI is InChI=1S/C9H5F3N4O2/c10-9(11,12)7-14-8-13-3-4-1-2-18-6(17)5(4)16(8)15-7/h3H,1-2H2. The molecule has 2 aromatic heterocycles. The highest BCUT2D eigenvalue weighted by molar-refractivity contribution is 5.90. The Balaban J connectivity index is 2.28. The molecule has 0 saturated heterocycles. The Labute approximate surface area is 97.4 Å². The minimum absolute atomic E-state index is 0.0470. The zero-order valence-electron chi connectivity index (χ0n) is 8.73. The van der Waals surface area contributed by atoms with Gasteiger partial charge in [-0.2, -0.15) is 22.7 Å². The first-order chi connectivity index (χ1) is 8.47. The lowest BCUT2D eigenvalue weighted by atomic mass is 10.1. The summed E-state index contributed by atoms with van der Waals surface area (Å²) in [7, 11) is 0. The van der Waals surface area contributed by atoms with Crippen LogP contribution in [-0.4, -0.2) is 32.2 Å². The predicted molar refractivity (Wildman–Crippen MR) is 49.8 cm³/mol. The van der Waals surface area contributed by atoms with Crippen LogP contribution in [0, 0.1) is 0 Å². The minimum Gasteiger partial charge on any atom is -0.461 e. The maximum Gasteiger partial charge on any atom is 0.453 e. The van der Waals surface area contributed by atoms with Gasteiger partial charge in [0.15, 0.2) is 5.69 Å². The number of cyclic esters (lactones) is 1. The van der Waals surface area contributed by atoms with E-state index in [1.165, 1.54) is 6.20 Å². The lowest BCUT2D eigenvalue weighted by Crippen LogP contribution is -2.22. The second kappa shape index (κ2) is 3.40. The molecule has 0 bridgehead atoms. The van der Waals surface area contributed by atoms with Gasteiger partial charge in [0.05, 0.1) is 6.61 Å². The Bertz CT molecular complexity index is 649. The van der Waals surface area contributed by atoms with Crippen LogP contribution < -0.4 is 0 Å². The number of nitrogens with zero attached hydrogens (tertiary/aromatic N) is 4. The predicted octanol–water partition coefficient (Wildman–Crippen LogP) is 0.856. The number of carbonyl (C=O) groups excluding carboxylic acids is 1. The lowest BCUT2D eigenvalue weighted by Gasteiger charge is -2.14. The SMILES string of the molecule is O=C1OCCc2cnc3nc(C(F)(F)F)nn3c21. The fourth-order valence-electron chi connectivity index (χ4n) is 1.71. The zero-order valence-corrected chi connectivity index (χ0v) is 8.73. The van der Waals surface area contributed by atoms with Gasteiger partial charge >= 0.3 is 12.1 Å². The third kappa shape index (κ3) is 1.50. The number of ether oxygens (including phenoxy) is 1. The zero-order chi connectivity index (χ0) is 12.9. The lowest BCUT2D eigenvalue weighted by molar-refractivity contribution is -0.144. The Kier molecular flexibility index (Phi) is 2.07. The number of alkyl halides is 3. The van der Waals surface area contributed by atoms with E-state index in [-0.39, 0.29) is 18.1 Å². The van der Waals surface area contributed by atoms with E-state index in [0.717, 1.165) is 4.52 Å². The number of rotatable bonds is 0. The molecular weight excluding hydrogens is 253 g/mol. The van der Waals surface area contributed by atoms with Crippen LogP contribution in [0.2, 0.25) is 0 Å². The summed E-state index contributed by atoms with van der Waals surface area (Å²) >= 11 is 0. The molecule has 1 aliphatic rings. The summed E-state index contributed by atoms with van der Waals surface area (Å²) in [6.45, 7) is 0.180. The average Bonchev–Trinajstić information content (AvgIpc) is 2.72. The molecular formula is C9H5F3N4O2. The molecule has 0 N–H and O–H groups in total. The molecule has 0 atom stereocenters. The van der Waals surface area contributed by atoms with Crippen LogP contribution >= 0.6 is 0 Å². The second-order valence-corrected chi connectivity index (χ2v) is 3.66. The van der Waals surface area contributed by atoms with E-state index in [1.807, 2.05) is 0 Å². The van der Waals surface area contributed by atoms with Crippen molar-refractivity contribution in [2.75, 3.05) is 6.61 Å². The van der Waals surface area contributed by atoms with Gasteiger partial charge in [0.25, 0.3) is 11.6 Å². The van der Waals surface area contributed by atoms with Crippen LogP contribution in [0.15, 0.2) is 6.20 Å². The molecule has 1 aliphatic heterocycles. The van der Waals surface area contributed by atoms with E-state index in [9.17, 15) is 18.0 Å². The van der Waals surface area contributed by atoms with Crippen molar-refractivity contribution in [3.8, 4) is 0 Å². The topological polar surface area (TPSA) is 69.4 Å². The van der Waals surface area contributed by atoms with E-state index in [4.69, 9.17) is 4.74 Å². The second-order valence-electron chi connectivity index (χ2n) is 3.66. The summed E-state index contributed by atoms with van der Waals surface area (Å²) in [6, 6.07) is 0. The Hall–Kier alpha value is -2.19. The van der Waals surface area contributed by atoms with E-state index < -0.39 is 18.0 Å². The number of carbonyl (C=O) groups is 1. The van der Waals surface area contributed by atoms with Crippen LogP contribution in [0.3, 0.4) is 0 Å². The summed E-state index contributed by atoms with van der Waals surface area (Å²) in [5.41, 5.74) is 0.451. The summed E-state index contributed by atoms with van der Waals surface area (Å²) in [5.74, 6) is -2.33. The number of halogens is 3.